The lowest BCUT2D eigenvalue weighted by atomic mass is 10.1. The van der Waals surface area contributed by atoms with Gasteiger partial charge in [-0.1, -0.05) is 0 Å². The van der Waals surface area contributed by atoms with Gasteiger partial charge in [0, 0.05) is 13.1 Å². The number of carbonyl (C=O) groups is 1. The summed E-state index contributed by atoms with van der Waals surface area (Å²) >= 11 is 0. The topological polar surface area (TPSA) is 87.8 Å². The molecule has 0 atom stereocenters. The van der Waals surface area contributed by atoms with E-state index in [1.165, 1.54) is 0 Å². The van der Waals surface area contributed by atoms with Crippen LogP contribution in [0.1, 0.15) is 10.4 Å². The van der Waals surface area contributed by atoms with E-state index in [4.69, 9.17) is 15.6 Å². The Morgan fingerprint density at radius 2 is 2.15 bits per heavy atom. The maximum absolute atomic E-state index is 13.5. The Morgan fingerprint density at radius 3 is 2.75 bits per heavy atom. The van der Waals surface area contributed by atoms with Crippen LogP contribution in [0.2, 0.25) is 0 Å². The molecule has 1 aromatic carbocycles. The number of aromatic carboxylic acids is 1. The molecule has 0 aliphatic rings. The molecule has 0 aromatic heterocycles. The number of hydrogen-bond donors (Lipinski definition) is 3. The normalized spacial score (nSPS) is 10.8. The van der Waals surface area contributed by atoms with Crippen molar-refractivity contribution in [3.8, 4) is 0 Å². The summed E-state index contributed by atoms with van der Waals surface area (Å²) in [6, 6.07) is 2.19. The van der Waals surface area contributed by atoms with Gasteiger partial charge in [0.1, 0.15) is 5.82 Å². The first-order chi connectivity index (χ1) is 9.41. The minimum absolute atomic E-state index is 0.192. The number of rotatable bonds is 8. The Hall–Kier alpha value is -1.86. The number of carboxylic acid groups (broad SMARTS) is 1. The predicted octanol–water partition coefficient (Wildman–Crippen LogP) is 1.10. The zero-order valence-corrected chi connectivity index (χ0v) is 11.6. The summed E-state index contributed by atoms with van der Waals surface area (Å²) in [5, 5.41) is 11.7. The third-order valence-corrected chi connectivity index (χ3v) is 2.61. The molecule has 0 radical (unpaired) electrons. The first-order valence-corrected chi connectivity index (χ1v) is 6.20. The molecule has 1 aromatic rings. The monoisotopic (exact) mass is 285 g/mol. The molecule has 4 N–H and O–H groups in total. The lowest BCUT2D eigenvalue weighted by Crippen LogP contribution is -2.20. The third-order valence-electron chi connectivity index (χ3n) is 2.61. The molecule has 0 unspecified atom stereocenters. The molecule has 0 aliphatic heterocycles. The summed E-state index contributed by atoms with van der Waals surface area (Å²) in [7, 11) is 3.91. The Morgan fingerprint density at radius 1 is 1.45 bits per heavy atom. The van der Waals surface area contributed by atoms with Gasteiger partial charge in [0.05, 0.1) is 30.2 Å². The third kappa shape index (κ3) is 5.02. The average molecular weight is 285 g/mol. The molecule has 0 heterocycles. The number of nitrogens with one attached hydrogen (secondary N) is 1. The standard InChI is InChI=1S/C13H20FN3O3/c1-17(2)4-6-20-5-3-16-12-8-10(14)9(13(18)19)7-11(12)15/h7-8,16H,3-6,15H2,1-2H3,(H,18,19). The summed E-state index contributed by atoms with van der Waals surface area (Å²) in [5.41, 5.74) is 5.79. The highest BCUT2D eigenvalue weighted by Crippen LogP contribution is 2.22. The fourth-order valence-corrected chi connectivity index (χ4v) is 1.51. The van der Waals surface area contributed by atoms with Crippen molar-refractivity contribution in [2.45, 2.75) is 0 Å². The van der Waals surface area contributed by atoms with Gasteiger partial charge in [0.2, 0.25) is 0 Å². The van der Waals surface area contributed by atoms with Gasteiger partial charge in [-0.15, -0.1) is 0 Å². The molecule has 0 spiro atoms. The van der Waals surface area contributed by atoms with E-state index in [0.717, 1.165) is 18.7 Å². The molecular formula is C13H20FN3O3. The molecule has 6 nitrogen and oxygen atoms in total. The number of nitrogens with two attached hydrogens (primary N) is 1. The van der Waals surface area contributed by atoms with Crippen LogP contribution in [-0.4, -0.2) is 56.4 Å². The van der Waals surface area contributed by atoms with Gasteiger partial charge in [0.15, 0.2) is 0 Å². The molecule has 7 heteroatoms. The second kappa shape index (κ2) is 7.66. The van der Waals surface area contributed by atoms with Gasteiger partial charge in [-0.3, -0.25) is 0 Å². The van der Waals surface area contributed by atoms with Crippen LogP contribution in [0.15, 0.2) is 12.1 Å². The van der Waals surface area contributed by atoms with Gasteiger partial charge in [-0.2, -0.15) is 0 Å². The number of nitrogen functional groups attached to an aromatic ring is 1. The molecule has 0 saturated heterocycles. The molecule has 0 saturated carbocycles. The Kier molecular flexibility index (Phi) is 6.20. The number of carboxylic acids is 1. The van der Waals surface area contributed by atoms with Crippen LogP contribution in [0, 0.1) is 5.82 Å². The van der Waals surface area contributed by atoms with Crippen molar-refractivity contribution < 1.29 is 19.0 Å². The lowest BCUT2D eigenvalue weighted by molar-refractivity contribution is 0.0692. The van der Waals surface area contributed by atoms with E-state index in [9.17, 15) is 9.18 Å². The molecule has 0 bridgehead atoms. The minimum atomic E-state index is -1.34. The number of hydrogen-bond acceptors (Lipinski definition) is 5. The van der Waals surface area contributed by atoms with Crippen LogP contribution in [0.3, 0.4) is 0 Å². The van der Waals surface area contributed by atoms with Crippen molar-refractivity contribution in [2.24, 2.45) is 0 Å². The number of ether oxygens (including phenoxy) is 1. The molecule has 0 amide bonds. The van der Waals surface area contributed by atoms with Crippen molar-refractivity contribution in [3.05, 3.63) is 23.5 Å². The minimum Gasteiger partial charge on any atom is -0.478 e. The van der Waals surface area contributed by atoms with Crippen LogP contribution in [-0.2, 0) is 4.74 Å². The molecule has 1 rings (SSSR count). The van der Waals surface area contributed by atoms with E-state index in [0.29, 0.717) is 25.4 Å². The second-order valence-electron chi connectivity index (χ2n) is 4.57. The summed E-state index contributed by atoms with van der Waals surface area (Å²) in [4.78, 5) is 12.7. The van der Waals surface area contributed by atoms with E-state index in [2.05, 4.69) is 5.32 Å². The van der Waals surface area contributed by atoms with Crippen LogP contribution in [0.5, 0.6) is 0 Å². The van der Waals surface area contributed by atoms with Gasteiger partial charge in [-0.25, -0.2) is 9.18 Å². The quantitative estimate of drug-likeness (QED) is 0.489. The van der Waals surface area contributed by atoms with E-state index in [1.54, 1.807) is 0 Å². The molecule has 20 heavy (non-hydrogen) atoms. The molecule has 112 valence electrons. The van der Waals surface area contributed by atoms with Crippen molar-refractivity contribution in [1.82, 2.24) is 4.90 Å². The molecular weight excluding hydrogens is 265 g/mol. The van der Waals surface area contributed by atoms with Gasteiger partial charge < -0.3 is 25.8 Å². The number of anilines is 2. The van der Waals surface area contributed by atoms with Crippen LogP contribution in [0.4, 0.5) is 15.8 Å². The van der Waals surface area contributed by atoms with Gasteiger partial charge in [-0.05, 0) is 26.2 Å². The second-order valence-corrected chi connectivity index (χ2v) is 4.57. The number of nitrogens with zero attached hydrogens (tertiary/aromatic N) is 1. The zero-order valence-electron chi connectivity index (χ0n) is 11.6. The van der Waals surface area contributed by atoms with Crippen molar-refractivity contribution >= 4 is 17.3 Å². The average Bonchev–Trinajstić information content (AvgIpc) is 2.36. The van der Waals surface area contributed by atoms with E-state index in [1.807, 2.05) is 19.0 Å². The van der Waals surface area contributed by atoms with E-state index >= 15 is 0 Å². The first kappa shape index (κ1) is 16.2. The Labute approximate surface area is 117 Å². The lowest BCUT2D eigenvalue weighted by Gasteiger charge is -2.12. The van der Waals surface area contributed by atoms with Gasteiger partial charge >= 0.3 is 5.97 Å². The van der Waals surface area contributed by atoms with Gasteiger partial charge in [0.25, 0.3) is 0 Å². The summed E-state index contributed by atoms with van der Waals surface area (Å²) in [6.45, 7) is 2.35. The van der Waals surface area contributed by atoms with E-state index < -0.39 is 17.3 Å². The van der Waals surface area contributed by atoms with Crippen LogP contribution < -0.4 is 11.1 Å². The molecule has 0 aliphatic carbocycles. The summed E-state index contributed by atoms with van der Waals surface area (Å²) < 4.78 is 18.9. The fourth-order valence-electron chi connectivity index (χ4n) is 1.51. The maximum atomic E-state index is 13.5. The van der Waals surface area contributed by atoms with Crippen molar-refractivity contribution in [3.63, 3.8) is 0 Å². The highest BCUT2D eigenvalue weighted by molar-refractivity contribution is 5.90. The predicted molar refractivity (Wildman–Crippen MR) is 75.6 cm³/mol. The smallest absolute Gasteiger partial charge is 0.338 e. The Bertz CT molecular complexity index is 466. The summed E-state index contributed by atoms with van der Waals surface area (Å²) in [5.74, 6) is -2.16. The van der Waals surface area contributed by atoms with E-state index in [-0.39, 0.29) is 5.69 Å². The maximum Gasteiger partial charge on any atom is 0.338 e. The first-order valence-electron chi connectivity index (χ1n) is 6.20. The zero-order chi connectivity index (χ0) is 15.1. The highest BCUT2D eigenvalue weighted by Gasteiger charge is 2.13. The number of likely N-dealkylation sites (N-methyl/N-ethyl adjacent to an activating group) is 1. The van der Waals surface area contributed by atoms with Crippen molar-refractivity contribution in [1.29, 1.82) is 0 Å². The Balaban J connectivity index is 2.45. The largest absolute Gasteiger partial charge is 0.478 e. The SMILES string of the molecule is CN(C)CCOCCNc1cc(F)c(C(=O)O)cc1N. The van der Waals surface area contributed by atoms with Crippen molar-refractivity contribution in [2.75, 3.05) is 51.4 Å². The van der Waals surface area contributed by atoms with Crippen LogP contribution in [0.25, 0.3) is 0 Å². The fraction of sp³-hybridized carbons (Fsp3) is 0.462. The number of halogens is 1. The number of benzene rings is 1. The van der Waals surface area contributed by atoms with Crippen LogP contribution >= 0.6 is 0 Å². The summed E-state index contributed by atoms with van der Waals surface area (Å²) in [6.07, 6.45) is 0. The molecule has 0 fully saturated rings. The highest BCUT2D eigenvalue weighted by atomic mass is 19.1.